The first-order valence-corrected chi connectivity index (χ1v) is 7.13. The van der Waals surface area contributed by atoms with Crippen molar-refractivity contribution < 1.29 is 4.74 Å². The highest BCUT2D eigenvalue weighted by molar-refractivity contribution is 5.42. The first kappa shape index (κ1) is 12.0. The molecule has 1 aliphatic carbocycles. The van der Waals surface area contributed by atoms with Crippen LogP contribution in [0.4, 0.5) is 5.82 Å². The van der Waals surface area contributed by atoms with Gasteiger partial charge < -0.3 is 15.0 Å². The lowest BCUT2D eigenvalue weighted by molar-refractivity contribution is 0.0847. The highest BCUT2D eigenvalue weighted by Crippen LogP contribution is 2.43. The van der Waals surface area contributed by atoms with Crippen molar-refractivity contribution in [3.63, 3.8) is 0 Å². The van der Waals surface area contributed by atoms with Crippen LogP contribution >= 0.6 is 0 Å². The summed E-state index contributed by atoms with van der Waals surface area (Å²) in [5.41, 5.74) is 7.49. The molecule has 2 N–H and O–H groups in total. The van der Waals surface area contributed by atoms with E-state index in [2.05, 4.69) is 18.4 Å². The van der Waals surface area contributed by atoms with Gasteiger partial charge in [-0.25, -0.2) is 4.98 Å². The second kappa shape index (κ2) is 4.57. The van der Waals surface area contributed by atoms with Crippen LogP contribution in [0.25, 0.3) is 0 Å². The van der Waals surface area contributed by atoms with Crippen molar-refractivity contribution in [2.45, 2.75) is 57.4 Å². The van der Waals surface area contributed by atoms with E-state index in [9.17, 15) is 0 Å². The lowest BCUT2D eigenvalue weighted by atomic mass is 9.96. The van der Waals surface area contributed by atoms with Crippen LogP contribution in [0.5, 0.6) is 0 Å². The number of imidazole rings is 1. The second-order valence-corrected chi connectivity index (χ2v) is 5.87. The fraction of sp³-hybridized carbons (Fsp3) is 0.786. The van der Waals surface area contributed by atoms with Crippen LogP contribution in [0.15, 0.2) is 0 Å². The van der Waals surface area contributed by atoms with Gasteiger partial charge in [-0.1, -0.05) is 0 Å². The number of anilines is 1. The molecule has 1 aliphatic heterocycles. The predicted octanol–water partition coefficient (Wildman–Crippen LogP) is 2.82. The van der Waals surface area contributed by atoms with Crippen molar-refractivity contribution in [3.8, 4) is 0 Å². The third kappa shape index (κ3) is 2.03. The Labute approximate surface area is 109 Å². The van der Waals surface area contributed by atoms with Crippen LogP contribution in [0, 0.1) is 0 Å². The third-order valence-electron chi connectivity index (χ3n) is 4.07. The first-order chi connectivity index (χ1) is 8.68. The number of hydrogen-bond donors (Lipinski definition) is 1. The minimum Gasteiger partial charge on any atom is -0.384 e. The summed E-state index contributed by atoms with van der Waals surface area (Å²) in [6.45, 7) is 6.07. The summed E-state index contributed by atoms with van der Waals surface area (Å²) in [7, 11) is 0. The van der Waals surface area contributed by atoms with Crippen LogP contribution in [0.1, 0.15) is 68.9 Å². The number of rotatable bonds is 3. The second-order valence-electron chi connectivity index (χ2n) is 5.87. The van der Waals surface area contributed by atoms with Gasteiger partial charge in [-0.05, 0) is 39.5 Å². The molecule has 3 rings (SSSR count). The van der Waals surface area contributed by atoms with Gasteiger partial charge in [0.25, 0.3) is 0 Å². The van der Waals surface area contributed by atoms with Gasteiger partial charge in [-0.3, -0.25) is 0 Å². The average molecular weight is 249 g/mol. The number of nitrogens with zero attached hydrogens (tertiary/aromatic N) is 2. The molecule has 0 atom stereocenters. The molecule has 2 heterocycles. The monoisotopic (exact) mass is 249 g/mol. The fourth-order valence-corrected chi connectivity index (χ4v) is 2.93. The van der Waals surface area contributed by atoms with Crippen molar-refractivity contribution >= 4 is 5.82 Å². The Hall–Kier alpha value is -1.03. The van der Waals surface area contributed by atoms with E-state index in [1.54, 1.807) is 0 Å². The Morgan fingerprint density at radius 2 is 1.83 bits per heavy atom. The Balaban J connectivity index is 1.96. The molecule has 1 saturated carbocycles. The van der Waals surface area contributed by atoms with E-state index < -0.39 is 0 Å². The molecule has 0 spiro atoms. The maximum absolute atomic E-state index is 6.36. The quantitative estimate of drug-likeness (QED) is 0.896. The van der Waals surface area contributed by atoms with Gasteiger partial charge >= 0.3 is 0 Å². The Morgan fingerprint density at radius 3 is 2.39 bits per heavy atom. The summed E-state index contributed by atoms with van der Waals surface area (Å²) in [5.74, 6) is 3.28. The maximum atomic E-state index is 6.36. The molecule has 4 heteroatoms. The van der Waals surface area contributed by atoms with Gasteiger partial charge in [0.05, 0.1) is 5.69 Å². The van der Waals surface area contributed by atoms with E-state index in [0.717, 1.165) is 37.6 Å². The van der Waals surface area contributed by atoms with Crippen molar-refractivity contribution in [3.05, 3.63) is 11.5 Å². The predicted molar refractivity (Wildman–Crippen MR) is 71.8 cm³/mol. The van der Waals surface area contributed by atoms with Crippen LogP contribution in [-0.4, -0.2) is 22.8 Å². The lowest BCUT2D eigenvalue weighted by Gasteiger charge is -2.21. The zero-order valence-corrected chi connectivity index (χ0v) is 11.4. The van der Waals surface area contributed by atoms with Gasteiger partial charge in [0, 0.05) is 31.1 Å². The van der Waals surface area contributed by atoms with Crippen molar-refractivity contribution in [2.75, 3.05) is 18.9 Å². The van der Waals surface area contributed by atoms with Crippen LogP contribution in [0.3, 0.4) is 0 Å². The molecule has 0 unspecified atom stereocenters. The molecule has 1 aromatic rings. The third-order valence-corrected chi connectivity index (χ3v) is 4.07. The van der Waals surface area contributed by atoms with E-state index in [0.29, 0.717) is 17.9 Å². The molecule has 0 bridgehead atoms. The minimum atomic E-state index is 0.404. The van der Waals surface area contributed by atoms with E-state index >= 15 is 0 Å². The SMILES string of the molecule is CC(C)n1c(C2CC2)nc(C2CCOCC2)c1N. The summed E-state index contributed by atoms with van der Waals surface area (Å²) in [6, 6.07) is 0.404. The minimum absolute atomic E-state index is 0.404. The van der Waals surface area contributed by atoms with Crippen molar-refractivity contribution in [2.24, 2.45) is 0 Å². The largest absolute Gasteiger partial charge is 0.384 e. The molecule has 0 amide bonds. The molecule has 0 radical (unpaired) electrons. The van der Waals surface area contributed by atoms with Gasteiger partial charge in [-0.2, -0.15) is 0 Å². The van der Waals surface area contributed by atoms with Crippen LogP contribution in [0.2, 0.25) is 0 Å². The van der Waals surface area contributed by atoms with Gasteiger partial charge in [0.15, 0.2) is 0 Å². The molecule has 4 nitrogen and oxygen atoms in total. The number of ether oxygens (including phenoxy) is 1. The Kier molecular flexibility index (Phi) is 3.06. The molecule has 100 valence electrons. The zero-order chi connectivity index (χ0) is 12.7. The molecule has 2 fully saturated rings. The van der Waals surface area contributed by atoms with Crippen molar-refractivity contribution in [1.29, 1.82) is 0 Å². The summed E-state index contributed by atoms with van der Waals surface area (Å²) >= 11 is 0. The average Bonchev–Trinajstić information content (AvgIpc) is 3.14. The summed E-state index contributed by atoms with van der Waals surface area (Å²) < 4.78 is 7.68. The molecular weight excluding hydrogens is 226 g/mol. The van der Waals surface area contributed by atoms with Gasteiger partial charge in [0.1, 0.15) is 11.6 Å². The van der Waals surface area contributed by atoms with E-state index in [1.807, 2.05) is 0 Å². The molecular formula is C14H23N3O. The van der Waals surface area contributed by atoms with E-state index in [4.69, 9.17) is 15.5 Å². The topological polar surface area (TPSA) is 53.1 Å². The standard InChI is InChI=1S/C14H23N3O/c1-9(2)17-13(15)12(10-5-7-18-8-6-10)16-14(17)11-3-4-11/h9-11H,3-8,15H2,1-2H3. The molecule has 0 aromatic carbocycles. The van der Waals surface area contributed by atoms with Crippen LogP contribution < -0.4 is 5.73 Å². The smallest absolute Gasteiger partial charge is 0.127 e. The summed E-state index contributed by atoms with van der Waals surface area (Å²) in [6.07, 6.45) is 4.67. The number of aromatic nitrogens is 2. The lowest BCUT2D eigenvalue weighted by Crippen LogP contribution is -2.16. The highest BCUT2D eigenvalue weighted by atomic mass is 16.5. The van der Waals surface area contributed by atoms with Crippen molar-refractivity contribution in [1.82, 2.24) is 9.55 Å². The number of nitrogen functional groups attached to an aromatic ring is 1. The van der Waals surface area contributed by atoms with E-state index in [-0.39, 0.29) is 0 Å². The first-order valence-electron chi connectivity index (χ1n) is 7.13. The fourth-order valence-electron chi connectivity index (χ4n) is 2.93. The number of nitrogens with two attached hydrogens (primary N) is 1. The Bertz CT molecular complexity index is 428. The summed E-state index contributed by atoms with van der Waals surface area (Å²) in [5, 5.41) is 0. The van der Waals surface area contributed by atoms with Gasteiger partial charge in [0.2, 0.25) is 0 Å². The molecule has 1 saturated heterocycles. The number of hydrogen-bond acceptors (Lipinski definition) is 3. The Morgan fingerprint density at radius 1 is 1.17 bits per heavy atom. The molecule has 18 heavy (non-hydrogen) atoms. The molecule has 1 aromatic heterocycles. The zero-order valence-electron chi connectivity index (χ0n) is 11.4. The van der Waals surface area contributed by atoms with Gasteiger partial charge in [-0.15, -0.1) is 0 Å². The normalized spacial score (nSPS) is 21.7. The van der Waals surface area contributed by atoms with E-state index in [1.165, 1.54) is 18.7 Å². The van der Waals surface area contributed by atoms with Crippen LogP contribution in [-0.2, 0) is 4.74 Å². The molecule has 2 aliphatic rings. The highest BCUT2D eigenvalue weighted by Gasteiger charge is 2.33. The maximum Gasteiger partial charge on any atom is 0.127 e. The summed E-state index contributed by atoms with van der Waals surface area (Å²) in [4.78, 5) is 4.90.